The second-order valence-electron chi connectivity index (χ2n) is 3.00. The van der Waals surface area contributed by atoms with Crippen LogP contribution >= 0.6 is 39.1 Å². The van der Waals surface area contributed by atoms with Crippen LogP contribution in [0.15, 0.2) is 23.8 Å². The van der Waals surface area contributed by atoms with E-state index in [1.54, 1.807) is 0 Å². The summed E-state index contributed by atoms with van der Waals surface area (Å²) in [7, 11) is 0. The maximum Gasteiger partial charge on any atom is 0.0433 e. The van der Waals surface area contributed by atoms with Crippen molar-refractivity contribution in [3.8, 4) is 0 Å². The second-order valence-corrected chi connectivity index (χ2v) is 4.68. The molecule has 0 aromatic rings. The Hall–Kier alpha value is 0.540. The van der Waals surface area contributed by atoms with Crippen molar-refractivity contribution in [2.75, 3.05) is 11.8 Å². The third-order valence-electron chi connectivity index (χ3n) is 1.79. The van der Waals surface area contributed by atoms with E-state index in [0.29, 0.717) is 16.6 Å². The van der Waals surface area contributed by atoms with E-state index in [2.05, 4.69) is 22.5 Å². The second kappa shape index (κ2) is 7.90. The van der Waals surface area contributed by atoms with Gasteiger partial charge in [-0.05, 0) is 19.8 Å². The molecule has 0 heterocycles. The van der Waals surface area contributed by atoms with Gasteiger partial charge in [0.15, 0.2) is 0 Å². The summed E-state index contributed by atoms with van der Waals surface area (Å²) in [6, 6.07) is 0. The number of hydrogen-bond acceptors (Lipinski definition) is 0. The summed E-state index contributed by atoms with van der Waals surface area (Å²) in [5.41, 5.74) is 2.36. The molecule has 3 heteroatoms. The minimum atomic E-state index is 0.384. The molecule has 0 amide bonds. The minimum absolute atomic E-state index is 0.384. The van der Waals surface area contributed by atoms with Crippen LogP contribution in [0, 0.1) is 0 Å². The van der Waals surface area contributed by atoms with Crippen molar-refractivity contribution >= 4 is 39.1 Å². The molecule has 0 saturated carbocycles. The first kappa shape index (κ1) is 13.5. The molecule has 0 bridgehead atoms. The zero-order valence-corrected chi connectivity index (χ0v) is 10.9. The van der Waals surface area contributed by atoms with E-state index in [1.807, 2.05) is 13.0 Å². The molecule has 13 heavy (non-hydrogen) atoms. The fourth-order valence-electron chi connectivity index (χ4n) is 0.891. The Bertz CT molecular complexity index is 187. The normalized spacial score (nSPS) is 14.3. The molecule has 0 rings (SSSR count). The molecule has 0 fully saturated rings. The smallest absolute Gasteiger partial charge is 0.0433 e. The van der Waals surface area contributed by atoms with Crippen molar-refractivity contribution in [3.63, 3.8) is 0 Å². The fraction of sp³-hybridized carbons (Fsp3) is 0.600. The molecule has 1 unspecified atom stereocenters. The van der Waals surface area contributed by atoms with Crippen LogP contribution in [0.3, 0.4) is 0 Å². The summed E-state index contributed by atoms with van der Waals surface area (Å²) in [6.45, 7) is 5.90. The van der Waals surface area contributed by atoms with Gasteiger partial charge < -0.3 is 0 Å². The highest BCUT2D eigenvalue weighted by Crippen LogP contribution is 2.19. The molecule has 0 radical (unpaired) electrons. The Balaban J connectivity index is 3.85. The largest absolute Gasteiger partial charge is 0.122 e. The SMILES string of the molecule is C=C(C)C(Br)CC/C(=C/CCl)CCl. The number of rotatable bonds is 6. The predicted molar refractivity (Wildman–Crippen MR) is 66.3 cm³/mol. The third kappa shape index (κ3) is 6.59. The maximum absolute atomic E-state index is 5.74. The molecular weight excluding hydrogens is 271 g/mol. The molecule has 1 atom stereocenters. The van der Waals surface area contributed by atoms with Gasteiger partial charge in [-0.3, -0.25) is 0 Å². The average molecular weight is 286 g/mol. The Kier molecular flexibility index (Phi) is 8.23. The Morgan fingerprint density at radius 3 is 2.54 bits per heavy atom. The van der Waals surface area contributed by atoms with Crippen LogP contribution in [0.5, 0.6) is 0 Å². The van der Waals surface area contributed by atoms with Gasteiger partial charge in [0.1, 0.15) is 0 Å². The fourth-order valence-corrected chi connectivity index (χ4v) is 1.58. The van der Waals surface area contributed by atoms with Crippen LogP contribution in [0.25, 0.3) is 0 Å². The first-order valence-electron chi connectivity index (χ1n) is 4.21. The lowest BCUT2D eigenvalue weighted by Crippen LogP contribution is -2.00. The van der Waals surface area contributed by atoms with Gasteiger partial charge in [0, 0.05) is 16.6 Å². The standard InChI is InChI=1S/C10H15BrCl2/c1-8(2)10(11)4-3-9(7-13)5-6-12/h5,10H,1,3-4,6-7H2,2H3/b9-5-. The minimum Gasteiger partial charge on any atom is -0.122 e. The van der Waals surface area contributed by atoms with Crippen LogP contribution < -0.4 is 0 Å². The molecule has 76 valence electrons. The Morgan fingerprint density at radius 1 is 1.54 bits per heavy atom. The summed E-state index contributed by atoms with van der Waals surface area (Å²) in [4.78, 5) is 0.384. The highest BCUT2D eigenvalue weighted by molar-refractivity contribution is 9.09. The van der Waals surface area contributed by atoms with Crippen molar-refractivity contribution in [3.05, 3.63) is 23.8 Å². The van der Waals surface area contributed by atoms with Gasteiger partial charge in [-0.2, -0.15) is 0 Å². The summed E-state index contributed by atoms with van der Waals surface area (Å²) in [5.74, 6) is 1.12. The zero-order valence-electron chi connectivity index (χ0n) is 7.82. The number of alkyl halides is 3. The summed E-state index contributed by atoms with van der Waals surface area (Å²) < 4.78 is 0. The lowest BCUT2D eigenvalue weighted by molar-refractivity contribution is 0.829. The number of halogens is 3. The van der Waals surface area contributed by atoms with Crippen LogP contribution in [0.1, 0.15) is 19.8 Å². The molecule has 0 nitrogen and oxygen atoms in total. The molecule has 0 aliphatic rings. The Morgan fingerprint density at radius 2 is 2.15 bits per heavy atom. The van der Waals surface area contributed by atoms with Crippen molar-refractivity contribution < 1.29 is 0 Å². The van der Waals surface area contributed by atoms with Gasteiger partial charge in [0.25, 0.3) is 0 Å². The van der Waals surface area contributed by atoms with Crippen molar-refractivity contribution in [1.82, 2.24) is 0 Å². The first-order valence-corrected chi connectivity index (χ1v) is 6.19. The van der Waals surface area contributed by atoms with E-state index in [0.717, 1.165) is 18.4 Å². The van der Waals surface area contributed by atoms with Gasteiger partial charge in [0.05, 0.1) is 0 Å². The van der Waals surface area contributed by atoms with E-state index in [-0.39, 0.29) is 0 Å². The number of hydrogen-bond donors (Lipinski definition) is 0. The summed E-state index contributed by atoms with van der Waals surface area (Å²) in [5, 5.41) is 0. The number of allylic oxidation sites excluding steroid dienone is 3. The maximum atomic E-state index is 5.74. The molecule has 0 aromatic carbocycles. The molecule has 0 aliphatic heterocycles. The predicted octanol–water partition coefficient (Wildman–Crippen LogP) is 4.51. The van der Waals surface area contributed by atoms with Gasteiger partial charge in [-0.1, -0.05) is 39.7 Å². The quantitative estimate of drug-likeness (QED) is 0.498. The highest BCUT2D eigenvalue weighted by Gasteiger charge is 2.05. The summed E-state index contributed by atoms with van der Waals surface area (Å²) in [6.07, 6.45) is 4.00. The van der Waals surface area contributed by atoms with Gasteiger partial charge in [0.2, 0.25) is 0 Å². The van der Waals surface area contributed by atoms with Gasteiger partial charge in [-0.25, -0.2) is 0 Å². The average Bonchev–Trinajstić information content (AvgIpc) is 2.11. The Labute approximate surface area is 99.1 Å². The van der Waals surface area contributed by atoms with Crippen LogP contribution in [-0.4, -0.2) is 16.6 Å². The van der Waals surface area contributed by atoms with Crippen LogP contribution in [-0.2, 0) is 0 Å². The van der Waals surface area contributed by atoms with E-state index >= 15 is 0 Å². The zero-order chi connectivity index (χ0) is 10.3. The van der Waals surface area contributed by atoms with Crippen molar-refractivity contribution in [2.24, 2.45) is 0 Å². The van der Waals surface area contributed by atoms with E-state index < -0.39 is 0 Å². The first-order chi connectivity index (χ1) is 6.11. The summed E-state index contributed by atoms with van der Waals surface area (Å²) >= 11 is 14.9. The van der Waals surface area contributed by atoms with Crippen molar-refractivity contribution in [2.45, 2.75) is 24.6 Å². The van der Waals surface area contributed by atoms with E-state index in [4.69, 9.17) is 23.2 Å². The highest BCUT2D eigenvalue weighted by atomic mass is 79.9. The molecule has 0 aliphatic carbocycles. The topological polar surface area (TPSA) is 0 Å². The molecule has 0 N–H and O–H groups in total. The lowest BCUT2D eigenvalue weighted by atomic mass is 10.1. The van der Waals surface area contributed by atoms with Crippen LogP contribution in [0.2, 0.25) is 0 Å². The van der Waals surface area contributed by atoms with E-state index in [1.165, 1.54) is 5.57 Å². The monoisotopic (exact) mass is 284 g/mol. The van der Waals surface area contributed by atoms with Gasteiger partial charge in [-0.15, -0.1) is 23.2 Å². The lowest BCUT2D eigenvalue weighted by Gasteiger charge is -2.09. The molecule has 0 aromatic heterocycles. The van der Waals surface area contributed by atoms with Gasteiger partial charge >= 0.3 is 0 Å². The molecule has 0 spiro atoms. The third-order valence-corrected chi connectivity index (χ3v) is 3.53. The molecular formula is C10H15BrCl2. The molecule has 0 saturated heterocycles. The van der Waals surface area contributed by atoms with E-state index in [9.17, 15) is 0 Å². The van der Waals surface area contributed by atoms with Crippen molar-refractivity contribution in [1.29, 1.82) is 0 Å². The van der Waals surface area contributed by atoms with Crippen LogP contribution in [0.4, 0.5) is 0 Å².